The fraction of sp³-hybridized carbons (Fsp3) is 0.423. The number of fused-ring (bicyclic) bond motifs is 1. The second kappa shape index (κ2) is 12.2. The Morgan fingerprint density at radius 1 is 1.00 bits per heavy atom. The Morgan fingerprint density at radius 3 is 2.32 bits per heavy atom. The van der Waals surface area contributed by atoms with Crippen LogP contribution < -0.4 is 9.47 Å². The van der Waals surface area contributed by atoms with Gasteiger partial charge in [-0.25, -0.2) is 0 Å². The number of carbonyl (C=O) groups is 1. The third-order valence-electron chi connectivity index (χ3n) is 5.79. The van der Waals surface area contributed by atoms with E-state index in [1.807, 2.05) is 28.8 Å². The Balaban J connectivity index is 1.92. The molecule has 2 aromatic carbocycles. The first kappa shape index (κ1) is 25.2. The van der Waals surface area contributed by atoms with E-state index in [2.05, 4.69) is 29.0 Å². The van der Waals surface area contributed by atoms with Crippen LogP contribution in [0.15, 0.2) is 52.7 Å². The predicted molar refractivity (Wildman–Crippen MR) is 133 cm³/mol. The average molecular weight is 467 g/mol. The van der Waals surface area contributed by atoms with Crippen LogP contribution in [0.25, 0.3) is 10.9 Å². The fourth-order valence-electron chi connectivity index (χ4n) is 3.85. The number of methoxy groups -OCH3 is 2. The van der Waals surface area contributed by atoms with Gasteiger partial charge in [0.2, 0.25) is 5.88 Å². The molecular formula is C26H34N4O4. The molecule has 1 aromatic heterocycles. The van der Waals surface area contributed by atoms with Gasteiger partial charge in [-0.15, -0.1) is 10.2 Å². The van der Waals surface area contributed by atoms with Crippen LogP contribution in [-0.2, 0) is 6.67 Å². The van der Waals surface area contributed by atoms with E-state index >= 15 is 0 Å². The number of ether oxygens (including phenoxy) is 2. The lowest BCUT2D eigenvalue weighted by atomic mass is 10.2. The molecule has 0 radical (unpaired) electrons. The summed E-state index contributed by atoms with van der Waals surface area (Å²) in [5, 5.41) is 19.9. The minimum Gasteiger partial charge on any atom is -0.493 e. The first-order chi connectivity index (χ1) is 16.5. The molecule has 1 heterocycles. The van der Waals surface area contributed by atoms with Crippen molar-refractivity contribution >= 4 is 22.5 Å². The molecule has 0 atom stereocenters. The molecule has 0 aliphatic heterocycles. The molecule has 8 nitrogen and oxygen atoms in total. The van der Waals surface area contributed by atoms with Crippen LogP contribution in [0.5, 0.6) is 17.4 Å². The lowest BCUT2D eigenvalue weighted by Gasteiger charge is -2.23. The van der Waals surface area contributed by atoms with Gasteiger partial charge in [-0.3, -0.25) is 14.3 Å². The summed E-state index contributed by atoms with van der Waals surface area (Å²) in [5.74, 6) is 0.419. The minimum absolute atomic E-state index is 0.00283. The van der Waals surface area contributed by atoms with Gasteiger partial charge in [0.15, 0.2) is 17.2 Å². The monoisotopic (exact) mass is 466 g/mol. The SMILES string of the molecule is CCCCN(CCCC)Cn1c(O)c(N=NC(=O)c2ccc(OC)c(OC)c2)c2ccccc21. The number of rotatable bonds is 12. The number of hydrogen-bond acceptors (Lipinski definition) is 6. The quantitative estimate of drug-likeness (QED) is 0.324. The minimum atomic E-state index is -0.537. The van der Waals surface area contributed by atoms with Gasteiger partial charge in [-0.05, 0) is 50.2 Å². The van der Waals surface area contributed by atoms with E-state index in [4.69, 9.17) is 9.47 Å². The number of benzene rings is 2. The van der Waals surface area contributed by atoms with Gasteiger partial charge in [0.05, 0.1) is 26.4 Å². The molecule has 34 heavy (non-hydrogen) atoms. The van der Waals surface area contributed by atoms with Crippen molar-refractivity contribution in [3.05, 3.63) is 48.0 Å². The Labute approximate surface area is 200 Å². The van der Waals surface area contributed by atoms with Crippen LogP contribution >= 0.6 is 0 Å². The molecule has 0 aliphatic carbocycles. The zero-order chi connectivity index (χ0) is 24.5. The molecule has 0 fully saturated rings. The van der Waals surface area contributed by atoms with Crippen molar-refractivity contribution in [3.63, 3.8) is 0 Å². The maximum Gasteiger partial charge on any atom is 0.295 e. The van der Waals surface area contributed by atoms with E-state index in [0.717, 1.165) is 49.7 Å². The van der Waals surface area contributed by atoms with E-state index in [0.29, 0.717) is 23.7 Å². The van der Waals surface area contributed by atoms with Crippen LogP contribution in [0.4, 0.5) is 5.69 Å². The van der Waals surface area contributed by atoms with Crippen molar-refractivity contribution in [1.29, 1.82) is 0 Å². The van der Waals surface area contributed by atoms with Crippen molar-refractivity contribution in [1.82, 2.24) is 9.47 Å². The van der Waals surface area contributed by atoms with Gasteiger partial charge >= 0.3 is 0 Å². The number of para-hydroxylation sites is 1. The largest absolute Gasteiger partial charge is 0.493 e. The first-order valence-electron chi connectivity index (χ1n) is 11.7. The molecule has 182 valence electrons. The van der Waals surface area contributed by atoms with Gasteiger partial charge in [-0.2, -0.15) is 0 Å². The molecule has 0 aliphatic rings. The van der Waals surface area contributed by atoms with Gasteiger partial charge < -0.3 is 14.6 Å². The summed E-state index contributed by atoms with van der Waals surface area (Å²) >= 11 is 0. The summed E-state index contributed by atoms with van der Waals surface area (Å²) in [7, 11) is 3.04. The normalized spacial score (nSPS) is 11.6. The number of nitrogens with zero attached hydrogens (tertiary/aromatic N) is 4. The summed E-state index contributed by atoms with van der Waals surface area (Å²) in [6.45, 7) is 6.81. The molecule has 3 rings (SSSR count). The lowest BCUT2D eigenvalue weighted by molar-refractivity contribution is 0.0994. The van der Waals surface area contributed by atoms with Gasteiger partial charge in [0.25, 0.3) is 5.91 Å². The highest BCUT2D eigenvalue weighted by molar-refractivity contribution is 5.97. The number of aromatic nitrogens is 1. The third kappa shape index (κ3) is 5.75. The number of hydrogen-bond donors (Lipinski definition) is 1. The Hall–Kier alpha value is -3.39. The third-order valence-corrected chi connectivity index (χ3v) is 5.79. The molecule has 3 aromatic rings. The number of azo groups is 1. The average Bonchev–Trinajstić information content (AvgIpc) is 3.13. The van der Waals surface area contributed by atoms with Gasteiger partial charge in [-0.1, -0.05) is 44.9 Å². The van der Waals surface area contributed by atoms with E-state index in [1.165, 1.54) is 14.2 Å². The summed E-state index contributed by atoms with van der Waals surface area (Å²) < 4.78 is 12.3. The van der Waals surface area contributed by atoms with Crippen LogP contribution in [0, 0.1) is 0 Å². The second-order valence-electron chi connectivity index (χ2n) is 8.16. The van der Waals surface area contributed by atoms with E-state index in [-0.39, 0.29) is 11.6 Å². The Morgan fingerprint density at radius 2 is 1.68 bits per heavy atom. The van der Waals surface area contributed by atoms with E-state index < -0.39 is 5.91 Å². The highest BCUT2D eigenvalue weighted by Crippen LogP contribution is 2.39. The van der Waals surface area contributed by atoms with E-state index in [9.17, 15) is 9.90 Å². The second-order valence-corrected chi connectivity index (χ2v) is 8.16. The number of aromatic hydroxyl groups is 1. The van der Waals surface area contributed by atoms with Gasteiger partial charge in [0.1, 0.15) is 0 Å². The molecule has 0 bridgehead atoms. The molecule has 1 N–H and O–H groups in total. The Kier molecular flexibility index (Phi) is 9.04. The van der Waals surface area contributed by atoms with Crippen molar-refractivity contribution in [2.24, 2.45) is 10.2 Å². The fourth-order valence-corrected chi connectivity index (χ4v) is 3.85. The van der Waals surface area contributed by atoms with Crippen molar-refractivity contribution < 1.29 is 19.4 Å². The number of amides is 1. The maximum atomic E-state index is 12.7. The Bertz CT molecular complexity index is 1130. The van der Waals surface area contributed by atoms with Crippen molar-refractivity contribution in [3.8, 4) is 17.4 Å². The van der Waals surface area contributed by atoms with Crippen molar-refractivity contribution in [2.45, 2.75) is 46.2 Å². The smallest absolute Gasteiger partial charge is 0.295 e. The zero-order valence-corrected chi connectivity index (χ0v) is 20.5. The maximum absolute atomic E-state index is 12.7. The molecule has 1 amide bonds. The first-order valence-corrected chi connectivity index (χ1v) is 11.7. The van der Waals surface area contributed by atoms with Crippen molar-refractivity contribution in [2.75, 3.05) is 27.3 Å². The summed E-state index contributed by atoms with van der Waals surface area (Å²) in [6, 6.07) is 12.4. The molecule has 8 heteroatoms. The standard InChI is InChI=1S/C26H34N4O4/c1-5-7-15-29(16-8-6-2)18-30-21-12-10-9-11-20(21)24(26(30)32)27-28-25(31)19-13-14-22(33-3)23(17-19)34-4/h9-14,17,32H,5-8,15-16,18H2,1-4H3. The van der Waals surface area contributed by atoms with Gasteiger partial charge in [0, 0.05) is 10.9 Å². The van der Waals surface area contributed by atoms with Crippen LogP contribution in [0.2, 0.25) is 0 Å². The summed E-state index contributed by atoms with van der Waals surface area (Å²) in [4.78, 5) is 15.0. The highest BCUT2D eigenvalue weighted by atomic mass is 16.5. The van der Waals surface area contributed by atoms with Crippen LogP contribution in [0.1, 0.15) is 49.9 Å². The van der Waals surface area contributed by atoms with E-state index in [1.54, 1.807) is 18.2 Å². The van der Waals surface area contributed by atoms with Crippen LogP contribution in [-0.4, -0.2) is 47.8 Å². The topological polar surface area (TPSA) is 88.7 Å². The molecule has 0 saturated heterocycles. The van der Waals surface area contributed by atoms with Crippen LogP contribution in [0.3, 0.4) is 0 Å². The summed E-state index contributed by atoms with van der Waals surface area (Å²) in [5.41, 5.74) is 1.45. The summed E-state index contributed by atoms with van der Waals surface area (Å²) in [6.07, 6.45) is 4.41. The molecule has 0 saturated carbocycles. The predicted octanol–water partition coefficient (Wildman–Crippen LogP) is 6.15. The lowest BCUT2D eigenvalue weighted by Crippen LogP contribution is -2.28. The zero-order valence-electron chi connectivity index (χ0n) is 20.5. The number of unbranched alkanes of at least 4 members (excludes halogenated alkanes) is 2. The molecule has 0 spiro atoms. The molecular weight excluding hydrogens is 432 g/mol. The number of carbonyl (C=O) groups excluding carboxylic acids is 1. The highest BCUT2D eigenvalue weighted by Gasteiger charge is 2.19. The molecule has 0 unspecified atom stereocenters.